The minimum Gasteiger partial charge on any atom is -0.462 e. The Labute approximate surface area is 142 Å². The van der Waals surface area contributed by atoms with Gasteiger partial charge >= 0.3 is 12.0 Å². The maximum Gasteiger partial charge on any atom is 0.340 e. The normalized spacial score (nSPS) is 10.2. The second-order valence-electron chi connectivity index (χ2n) is 4.72. The lowest BCUT2D eigenvalue weighted by Gasteiger charge is -2.10. The molecule has 0 radical (unpaired) electrons. The summed E-state index contributed by atoms with van der Waals surface area (Å²) < 4.78 is 10.9. The molecule has 0 saturated carbocycles. The van der Waals surface area contributed by atoms with Crippen molar-refractivity contribution >= 4 is 39.5 Å². The lowest BCUT2D eigenvalue weighted by molar-refractivity contribution is 0.0501. The molecule has 6 nitrogen and oxygen atoms in total. The minimum absolute atomic E-state index is 0.289. The number of carbonyl (C=O) groups is 2. The van der Waals surface area contributed by atoms with E-state index >= 15 is 0 Å². The van der Waals surface area contributed by atoms with Gasteiger partial charge in [0, 0.05) is 6.07 Å². The van der Waals surface area contributed by atoms with Crippen molar-refractivity contribution in [2.24, 2.45) is 0 Å². The van der Waals surface area contributed by atoms with Crippen molar-refractivity contribution in [3.05, 3.63) is 46.6 Å². The molecule has 1 heterocycles. The third-order valence-electron chi connectivity index (χ3n) is 2.94. The van der Waals surface area contributed by atoms with Gasteiger partial charge < -0.3 is 14.5 Å². The van der Waals surface area contributed by atoms with Crippen LogP contribution in [0.1, 0.15) is 30.1 Å². The summed E-state index contributed by atoms with van der Waals surface area (Å²) in [5, 5.41) is 5.14. The number of rotatable bonds is 6. The van der Waals surface area contributed by atoms with E-state index in [1.54, 1.807) is 36.4 Å². The average molecular weight is 381 g/mol. The fourth-order valence-corrected chi connectivity index (χ4v) is 2.11. The van der Waals surface area contributed by atoms with Crippen LogP contribution in [-0.4, -0.2) is 18.6 Å². The van der Waals surface area contributed by atoms with E-state index < -0.39 is 12.0 Å². The van der Waals surface area contributed by atoms with Gasteiger partial charge in [-0.3, -0.25) is 5.32 Å². The summed E-state index contributed by atoms with van der Waals surface area (Å²) in [5.74, 6) is -0.174. The molecule has 0 aliphatic heterocycles. The summed E-state index contributed by atoms with van der Waals surface area (Å²) in [5.41, 5.74) is 0.677. The van der Waals surface area contributed by atoms with Crippen LogP contribution in [0, 0.1) is 0 Å². The number of halogens is 1. The number of carbonyl (C=O) groups excluding carboxylic acids is 2. The number of nitrogens with one attached hydrogen (secondary N) is 2. The summed E-state index contributed by atoms with van der Waals surface area (Å²) in [6.45, 7) is 2.37. The zero-order chi connectivity index (χ0) is 16.7. The molecule has 23 heavy (non-hydrogen) atoms. The number of furan rings is 1. The number of unbranched alkanes of at least 4 members (excludes halogenated alkanes) is 1. The first-order valence-electron chi connectivity index (χ1n) is 7.19. The number of urea groups is 1. The molecule has 0 unspecified atom stereocenters. The van der Waals surface area contributed by atoms with Gasteiger partial charge in [-0.15, -0.1) is 0 Å². The van der Waals surface area contributed by atoms with E-state index in [-0.39, 0.29) is 5.88 Å². The molecule has 0 aliphatic rings. The van der Waals surface area contributed by atoms with Gasteiger partial charge in [-0.2, -0.15) is 0 Å². The van der Waals surface area contributed by atoms with Crippen LogP contribution in [0.4, 0.5) is 16.4 Å². The molecule has 0 aliphatic carbocycles. The fraction of sp³-hybridized carbons (Fsp3) is 0.250. The monoisotopic (exact) mass is 380 g/mol. The molecule has 0 saturated heterocycles. The largest absolute Gasteiger partial charge is 0.462 e. The van der Waals surface area contributed by atoms with Gasteiger partial charge in [0.1, 0.15) is 0 Å². The molecule has 2 aromatic rings. The molecule has 0 atom stereocenters. The van der Waals surface area contributed by atoms with Crippen LogP contribution in [0.2, 0.25) is 0 Å². The van der Waals surface area contributed by atoms with E-state index in [2.05, 4.69) is 26.6 Å². The van der Waals surface area contributed by atoms with Crippen molar-refractivity contribution in [2.45, 2.75) is 19.8 Å². The highest BCUT2D eigenvalue weighted by atomic mass is 79.9. The van der Waals surface area contributed by atoms with E-state index in [0.29, 0.717) is 22.5 Å². The Morgan fingerprint density at radius 1 is 1.17 bits per heavy atom. The Hall–Kier alpha value is -2.28. The molecule has 0 fully saturated rings. The Bertz CT molecular complexity index is 684. The smallest absolute Gasteiger partial charge is 0.340 e. The SMILES string of the molecule is CCCCOC(=O)c1ccccc1NC(=O)Nc1ccc(Br)o1. The van der Waals surface area contributed by atoms with E-state index in [4.69, 9.17) is 9.15 Å². The number of ether oxygens (including phenoxy) is 1. The van der Waals surface area contributed by atoms with Crippen molar-refractivity contribution in [1.29, 1.82) is 0 Å². The van der Waals surface area contributed by atoms with Gasteiger partial charge in [0.15, 0.2) is 4.67 Å². The zero-order valence-corrected chi connectivity index (χ0v) is 14.2. The van der Waals surface area contributed by atoms with Crippen molar-refractivity contribution < 1.29 is 18.7 Å². The third kappa shape index (κ3) is 5.14. The summed E-state index contributed by atoms with van der Waals surface area (Å²) in [4.78, 5) is 24.0. The van der Waals surface area contributed by atoms with Crippen molar-refractivity contribution in [2.75, 3.05) is 17.2 Å². The number of benzene rings is 1. The predicted molar refractivity (Wildman–Crippen MR) is 90.7 cm³/mol. The van der Waals surface area contributed by atoms with Crippen LogP contribution >= 0.6 is 15.9 Å². The maximum atomic E-state index is 12.1. The summed E-state index contributed by atoms with van der Waals surface area (Å²) in [6, 6.07) is 9.43. The second-order valence-corrected chi connectivity index (χ2v) is 5.50. The first-order chi connectivity index (χ1) is 11.1. The van der Waals surface area contributed by atoms with Gasteiger partial charge in [0.05, 0.1) is 17.9 Å². The zero-order valence-electron chi connectivity index (χ0n) is 12.6. The van der Waals surface area contributed by atoms with Crippen LogP contribution in [-0.2, 0) is 4.74 Å². The van der Waals surface area contributed by atoms with E-state index in [9.17, 15) is 9.59 Å². The Balaban J connectivity index is 2.01. The maximum absolute atomic E-state index is 12.1. The molecule has 2 N–H and O–H groups in total. The Morgan fingerprint density at radius 3 is 2.65 bits per heavy atom. The Morgan fingerprint density at radius 2 is 1.96 bits per heavy atom. The molecule has 7 heteroatoms. The highest BCUT2D eigenvalue weighted by molar-refractivity contribution is 9.10. The first-order valence-corrected chi connectivity index (χ1v) is 7.99. The summed E-state index contributed by atoms with van der Waals surface area (Å²) in [6.07, 6.45) is 1.74. The van der Waals surface area contributed by atoms with E-state index in [0.717, 1.165) is 12.8 Å². The van der Waals surface area contributed by atoms with Crippen LogP contribution in [0.15, 0.2) is 45.5 Å². The minimum atomic E-state index is -0.513. The molecule has 122 valence electrons. The summed E-state index contributed by atoms with van der Waals surface area (Å²) >= 11 is 3.15. The van der Waals surface area contributed by atoms with Crippen LogP contribution < -0.4 is 10.6 Å². The standard InChI is InChI=1S/C16H17BrN2O4/c1-2-3-10-22-15(20)11-6-4-5-7-12(11)18-16(21)19-14-9-8-13(17)23-14/h4-9H,2-3,10H2,1H3,(H2,18,19,21). The van der Waals surface area contributed by atoms with E-state index in [1.807, 2.05) is 6.92 Å². The lowest BCUT2D eigenvalue weighted by atomic mass is 10.2. The van der Waals surface area contributed by atoms with Gasteiger partial charge in [0.25, 0.3) is 0 Å². The quantitative estimate of drug-likeness (QED) is 0.564. The van der Waals surface area contributed by atoms with Gasteiger partial charge in [-0.25, -0.2) is 9.59 Å². The van der Waals surface area contributed by atoms with Crippen molar-refractivity contribution in [1.82, 2.24) is 0 Å². The fourth-order valence-electron chi connectivity index (χ4n) is 1.80. The van der Waals surface area contributed by atoms with Gasteiger partial charge in [0.2, 0.25) is 5.88 Å². The molecule has 0 spiro atoms. The number of hydrogen-bond acceptors (Lipinski definition) is 4. The highest BCUT2D eigenvalue weighted by Gasteiger charge is 2.14. The second kappa shape index (κ2) is 8.38. The first kappa shape index (κ1) is 17.1. The molecular formula is C16H17BrN2O4. The Kier molecular flexibility index (Phi) is 6.22. The van der Waals surface area contributed by atoms with Gasteiger partial charge in [-0.1, -0.05) is 25.5 Å². The lowest BCUT2D eigenvalue weighted by Crippen LogP contribution is -2.21. The number of para-hydroxylation sites is 1. The number of amides is 2. The van der Waals surface area contributed by atoms with Crippen LogP contribution in [0.25, 0.3) is 0 Å². The number of esters is 1. The van der Waals surface area contributed by atoms with Gasteiger partial charge in [-0.05, 0) is 40.5 Å². The molecule has 1 aromatic heterocycles. The third-order valence-corrected chi connectivity index (χ3v) is 3.36. The number of hydrogen-bond donors (Lipinski definition) is 2. The summed E-state index contributed by atoms with van der Waals surface area (Å²) in [7, 11) is 0. The predicted octanol–water partition coefficient (Wildman–Crippen LogP) is 4.64. The average Bonchev–Trinajstić information content (AvgIpc) is 2.92. The molecule has 2 amide bonds. The topological polar surface area (TPSA) is 80.6 Å². The van der Waals surface area contributed by atoms with Crippen molar-refractivity contribution in [3.63, 3.8) is 0 Å². The van der Waals surface area contributed by atoms with Crippen molar-refractivity contribution in [3.8, 4) is 0 Å². The molecule has 0 bridgehead atoms. The molecule has 1 aromatic carbocycles. The van der Waals surface area contributed by atoms with Crippen LogP contribution in [0.3, 0.4) is 0 Å². The molecule has 2 rings (SSSR count). The molecular weight excluding hydrogens is 364 g/mol. The number of anilines is 2. The highest BCUT2D eigenvalue weighted by Crippen LogP contribution is 2.20. The van der Waals surface area contributed by atoms with Crippen LogP contribution in [0.5, 0.6) is 0 Å². The van der Waals surface area contributed by atoms with E-state index in [1.165, 1.54) is 0 Å².